The van der Waals surface area contributed by atoms with E-state index in [1.807, 2.05) is 4.90 Å². The van der Waals surface area contributed by atoms with Gasteiger partial charge in [-0.3, -0.25) is 15.0 Å². The average molecular weight is 297 g/mol. The van der Waals surface area contributed by atoms with E-state index in [0.29, 0.717) is 5.56 Å². The Labute approximate surface area is 122 Å². The Bertz CT molecular complexity index is 517. The summed E-state index contributed by atoms with van der Waals surface area (Å²) >= 11 is 0. The van der Waals surface area contributed by atoms with Gasteiger partial charge in [0.2, 0.25) is 5.75 Å². The van der Waals surface area contributed by atoms with Crippen LogP contribution in [0.15, 0.2) is 12.1 Å². The smallest absolute Gasteiger partial charge is 0.314 e. The lowest BCUT2D eigenvalue weighted by Crippen LogP contribution is -2.46. The Morgan fingerprint density at radius 1 is 1.48 bits per heavy atom. The zero-order chi connectivity index (χ0) is 15.4. The first-order valence-corrected chi connectivity index (χ1v) is 6.69. The molecule has 0 radical (unpaired) electrons. The van der Waals surface area contributed by atoms with Gasteiger partial charge in [-0.25, -0.2) is 0 Å². The number of phenols is 1. The number of piperazine rings is 1. The van der Waals surface area contributed by atoms with Crippen LogP contribution in [-0.2, 0) is 0 Å². The second kappa shape index (κ2) is 6.70. The van der Waals surface area contributed by atoms with Gasteiger partial charge in [-0.1, -0.05) is 0 Å². The maximum atomic E-state index is 11.0. The summed E-state index contributed by atoms with van der Waals surface area (Å²) in [5.74, 6) is -0.462. The van der Waals surface area contributed by atoms with Gasteiger partial charge < -0.3 is 20.3 Å². The summed E-state index contributed by atoms with van der Waals surface area (Å²) < 4.78 is 4.99. The SMILES string of the molecule is COc1cc([C@H](CO)N2CCNCC2)cc([N+](=O)[O-])c1O. The number of methoxy groups -OCH3 is 1. The number of phenolic OH excluding ortho intramolecular Hbond substituents is 1. The molecule has 0 bridgehead atoms. The Kier molecular flexibility index (Phi) is 4.94. The number of rotatable bonds is 5. The monoisotopic (exact) mass is 297 g/mol. The van der Waals surface area contributed by atoms with E-state index in [-0.39, 0.29) is 18.4 Å². The van der Waals surface area contributed by atoms with Crippen LogP contribution in [0.3, 0.4) is 0 Å². The molecular formula is C13H19N3O5. The summed E-state index contributed by atoms with van der Waals surface area (Å²) in [6.45, 7) is 2.91. The predicted molar refractivity (Wildman–Crippen MR) is 75.6 cm³/mol. The van der Waals surface area contributed by atoms with Crippen molar-refractivity contribution in [1.29, 1.82) is 0 Å². The minimum absolute atomic E-state index is 0.0350. The third-order valence-corrected chi connectivity index (χ3v) is 3.64. The predicted octanol–water partition coefficient (Wildman–Crippen LogP) is 0.248. The number of benzene rings is 1. The minimum atomic E-state index is -0.659. The number of nitrogens with one attached hydrogen (secondary N) is 1. The van der Waals surface area contributed by atoms with Gasteiger partial charge in [0.1, 0.15) is 0 Å². The number of nitro groups is 1. The summed E-state index contributed by atoms with van der Waals surface area (Å²) in [5.41, 5.74) is 0.138. The quantitative estimate of drug-likeness (QED) is 0.528. The summed E-state index contributed by atoms with van der Waals surface area (Å²) in [5, 5.41) is 33.7. The lowest BCUT2D eigenvalue weighted by molar-refractivity contribution is -0.386. The normalized spacial score (nSPS) is 17.4. The summed E-state index contributed by atoms with van der Waals surface area (Å²) in [7, 11) is 1.33. The zero-order valence-electron chi connectivity index (χ0n) is 11.8. The number of ether oxygens (including phenoxy) is 1. The fraction of sp³-hybridized carbons (Fsp3) is 0.538. The van der Waals surface area contributed by atoms with E-state index in [4.69, 9.17) is 4.74 Å². The van der Waals surface area contributed by atoms with E-state index in [2.05, 4.69) is 5.32 Å². The van der Waals surface area contributed by atoms with Gasteiger partial charge in [0, 0.05) is 32.2 Å². The lowest BCUT2D eigenvalue weighted by Gasteiger charge is -2.34. The zero-order valence-corrected chi connectivity index (χ0v) is 11.8. The Morgan fingerprint density at radius 2 is 2.14 bits per heavy atom. The van der Waals surface area contributed by atoms with Crippen LogP contribution < -0.4 is 10.1 Å². The molecule has 1 heterocycles. The van der Waals surface area contributed by atoms with Crippen molar-refractivity contribution in [3.8, 4) is 11.5 Å². The van der Waals surface area contributed by atoms with Crippen molar-refractivity contribution in [2.75, 3.05) is 39.9 Å². The highest BCUT2D eigenvalue weighted by molar-refractivity contribution is 5.57. The number of nitro benzene ring substituents is 1. The van der Waals surface area contributed by atoms with Crippen molar-refractivity contribution in [3.05, 3.63) is 27.8 Å². The molecule has 8 heteroatoms. The Hall–Kier alpha value is -1.90. The molecular weight excluding hydrogens is 278 g/mol. The highest BCUT2D eigenvalue weighted by Gasteiger charge is 2.27. The summed E-state index contributed by atoms with van der Waals surface area (Å²) in [4.78, 5) is 12.4. The molecule has 0 amide bonds. The first-order valence-electron chi connectivity index (χ1n) is 6.69. The molecule has 1 saturated heterocycles. The first-order chi connectivity index (χ1) is 10.1. The standard InChI is InChI=1S/C13H19N3O5/c1-21-12-7-9(6-10(13(12)18)16(19)20)11(8-17)15-4-2-14-3-5-15/h6-7,11,14,17-18H,2-5,8H2,1H3/t11-/m0/s1. The Balaban J connectivity index is 2.40. The van der Waals surface area contributed by atoms with Gasteiger partial charge in [0.05, 0.1) is 24.7 Å². The van der Waals surface area contributed by atoms with Crippen LogP contribution in [0, 0.1) is 10.1 Å². The average Bonchev–Trinajstić information content (AvgIpc) is 2.50. The molecule has 0 saturated carbocycles. The first kappa shape index (κ1) is 15.5. The van der Waals surface area contributed by atoms with Crippen molar-refractivity contribution in [2.45, 2.75) is 6.04 Å². The summed E-state index contributed by atoms with van der Waals surface area (Å²) in [6.07, 6.45) is 0. The molecule has 1 aliphatic heterocycles. The van der Waals surface area contributed by atoms with Gasteiger partial charge in [0.25, 0.3) is 0 Å². The third-order valence-electron chi connectivity index (χ3n) is 3.64. The molecule has 1 aromatic carbocycles. The molecule has 116 valence electrons. The third kappa shape index (κ3) is 3.23. The van der Waals surface area contributed by atoms with E-state index in [0.717, 1.165) is 26.2 Å². The van der Waals surface area contributed by atoms with E-state index < -0.39 is 16.4 Å². The molecule has 8 nitrogen and oxygen atoms in total. The molecule has 1 fully saturated rings. The molecule has 3 N–H and O–H groups in total. The van der Waals surface area contributed by atoms with E-state index in [1.54, 1.807) is 0 Å². The molecule has 1 aromatic rings. The molecule has 1 aliphatic rings. The fourth-order valence-electron chi connectivity index (χ4n) is 2.53. The maximum absolute atomic E-state index is 11.0. The van der Waals surface area contributed by atoms with Crippen LogP contribution in [0.5, 0.6) is 11.5 Å². The highest BCUT2D eigenvalue weighted by atomic mass is 16.6. The number of aliphatic hydroxyl groups excluding tert-OH is 1. The molecule has 0 spiro atoms. The molecule has 21 heavy (non-hydrogen) atoms. The summed E-state index contributed by atoms with van der Waals surface area (Å²) in [6, 6.07) is 2.46. The van der Waals surface area contributed by atoms with Gasteiger partial charge in [-0.05, 0) is 11.6 Å². The lowest BCUT2D eigenvalue weighted by atomic mass is 10.0. The number of nitrogens with zero attached hydrogens (tertiary/aromatic N) is 2. The van der Waals surface area contributed by atoms with E-state index in [9.17, 15) is 20.3 Å². The number of aromatic hydroxyl groups is 1. The molecule has 0 aliphatic carbocycles. The van der Waals surface area contributed by atoms with Gasteiger partial charge >= 0.3 is 5.69 Å². The van der Waals surface area contributed by atoms with Crippen molar-refractivity contribution in [2.24, 2.45) is 0 Å². The molecule has 0 aromatic heterocycles. The number of hydrogen-bond acceptors (Lipinski definition) is 7. The van der Waals surface area contributed by atoms with E-state index in [1.165, 1.54) is 19.2 Å². The van der Waals surface area contributed by atoms with Crippen molar-refractivity contribution < 1.29 is 19.9 Å². The van der Waals surface area contributed by atoms with E-state index >= 15 is 0 Å². The minimum Gasteiger partial charge on any atom is -0.500 e. The molecule has 1 atom stereocenters. The van der Waals surface area contributed by atoms with Crippen LogP contribution >= 0.6 is 0 Å². The van der Waals surface area contributed by atoms with Crippen molar-refractivity contribution in [3.63, 3.8) is 0 Å². The van der Waals surface area contributed by atoms with Crippen LogP contribution in [0.1, 0.15) is 11.6 Å². The van der Waals surface area contributed by atoms with Crippen LogP contribution in [-0.4, -0.2) is 59.9 Å². The topological polar surface area (TPSA) is 108 Å². The maximum Gasteiger partial charge on any atom is 0.314 e. The van der Waals surface area contributed by atoms with Crippen molar-refractivity contribution in [1.82, 2.24) is 10.2 Å². The highest BCUT2D eigenvalue weighted by Crippen LogP contribution is 2.39. The van der Waals surface area contributed by atoms with Crippen LogP contribution in [0.2, 0.25) is 0 Å². The van der Waals surface area contributed by atoms with Crippen molar-refractivity contribution >= 4 is 5.69 Å². The molecule has 0 unspecified atom stereocenters. The number of hydrogen-bond donors (Lipinski definition) is 3. The van der Waals surface area contributed by atoms with Crippen LogP contribution in [0.25, 0.3) is 0 Å². The van der Waals surface area contributed by atoms with Gasteiger partial charge in [-0.2, -0.15) is 0 Å². The van der Waals surface area contributed by atoms with Gasteiger partial charge in [0.15, 0.2) is 5.75 Å². The molecule has 2 rings (SSSR count). The number of aliphatic hydroxyl groups is 1. The fourth-order valence-corrected chi connectivity index (χ4v) is 2.53. The Morgan fingerprint density at radius 3 is 2.67 bits per heavy atom. The van der Waals surface area contributed by atoms with Gasteiger partial charge in [-0.15, -0.1) is 0 Å². The largest absolute Gasteiger partial charge is 0.500 e. The van der Waals surface area contributed by atoms with Crippen LogP contribution in [0.4, 0.5) is 5.69 Å². The second-order valence-corrected chi connectivity index (χ2v) is 4.83. The second-order valence-electron chi connectivity index (χ2n) is 4.83.